The first kappa shape index (κ1) is 11.7. The van der Waals surface area contributed by atoms with Crippen LogP contribution in [0.3, 0.4) is 0 Å². The van der Waals surface area contributed by atoms with Gasteiger partial charge in [0.1, 0.15) is 0 Å². The van der Waals surface area contributed by atoms with Crippen LogP contribution in [0.5, 0.6) is 0 Å². The van der Waals surface area contributed by atoms with Crippen LogP contribution in [0.2, 0.25) is 0 Å². The molecule has 1 aromatic heterocycles. The zero-order valence-electron chi connectivity index (χ0n) is 9.17. The summed E-state index contributed by atoms with van der Waals surface area (Å²) in [4.78, 5) is 2.70. The number of hydrogen-bond acceptors (Lipinski definition) is 3. The molecule has 0 aliphatic heterocycles. The average molecular weight is 213 g/mol. The molecule has 0 bridgehead atoms. The van der Waals surface area contributed by atoms with Crippen LogP contribution in [-0.4, -0.2) is 12.1 Å². The van der Waals surface area contributed by atoms with Crippen molar-refractivity contribution >= 4 is 11.3 Å². The van der Waals surface area contributed by atoms with Gasteiger partial charge in [0, 0.05) is 15.3 Å². The second-order valence-electron chi connectivity index (χ2n) is 4.20. The van der Waals surface area contributed by atoms with Crippen LogP contribution >= 0.6 is 11.3 Å². The second kappa shape index (κ2) is 4.91. The molecule has 0 saturated heterocycles. The average Bonchev–Trinajstić information content (AvgIpc) is 2.50. The summed E-state index contributed by atoms with van der Waals surface area (Å²) in [5.41, 5.74) is 5.58. The number of ether oxygens (including phenoxy) is 1. The fourth-order valence-corrected chi connectivity index (χ4v) is 2.00. The van der Waals surface area contributed by atoms with Gasteiger partial charge in [0.25, 0.3) is 0 Å². The molecule has 1 rings (SSSR count). The summed E-state index contributed by atoms with van der Waals surface area (Å²) in [6, 6.07) is 4.30. The van der Waals surface area contributed by atoms with Crippen molar-refractivity contribution in [1.29, 1.82) is 0 Å². The van der Waals surface area contributed by atoms with E-state index < -0.39 is 0 Å². The Kier molecular flexibility index (Phi) is 4.11. The Bertz CT molecular complexity index is 275. The van der Waals surface area contributed by atoms with E-state index in [0.29, 0.717) is 13.2 Å². The summed E-state index contributed by atoms with van der Waals surface area (Å²) in [6.07, 6.45) is 1.10. The van der Waals surface area contributed by atoms with E-state index in [9.17, 15) is 0 Å². The lowest BCUT2D eigenvalue weighted by Crippen LogP contribution is -2.37. The van der Waals surface area contributed by atoms with E-state index >= 15 is 0 Å². The molecule has 0 fully saturated rings. The fourth-order valence-electron chi connectivity index (χ4n) is 1.10. The monoisotopic (exact) mass is 213 g/mol. The lowest BCUT2D eigenvalue weighted by molar-refractivity contribution is 0.0868. The van der Waals surface area contributed by atoms with Gasteiger partial charge in [-0.1, -0.05) is 6.92 Å². The number of nitrogens with two attached hydrogens (primary N) is 1. The number of aryl methyl sites for hydroxylation is 1. The van der Waals surface area contributed by atoms with Gasteiger partial charge in [-0.2, -0.15) is 0 Å². The minimum Gasteiger partial charge on any atom is -0.374 e. The van der Waals surface area contributed by atoms with E-state index in [1.165, 1.54) is 9.75 Å². The van der Waals surface area contributed by atoms with Crippen LogP contribution in [0.25, 0.3) is 0 Å². The molecule has 2 nitrogen and oxygen atoms in total. The number of thiophene rings is 1. The Morgan fingerprint density at radius 2 is 2.00 bits per heavy atom. The summed E-state index contributed by atoms with van der Waals surface area (Å²) < 4.78 is 5.53. The molecule has 0 radical (unpaired) electrons. The molecule has 0 aliphatic carbocycles. The summed E-state index contributed by atoms with van der Waals surface area (Å²) in [5.74, 6) is 0. The Hall–Kier alpha value is -0.380. The lowest BCUT2D eigenvalue weighted by Gasteiger charge is -2.17. The van der Waals surface area contributed by atoms with Gasteiger partial charge in [-0.3, -0.25) is 0 Å². The predicted octanol–water partition coefficient (Wildman–Crippen LogP) is 2.56. The van der Waals surface area contributed by atoms with Gasteiger partial charge in [0.05, 0.1) is 13.2 Å². The Balaban J connectivity index is 2.31. The minimum atomic E-state index is -0.231. The molecule has 0 amide bonds. The normalized spacial score (nSPS) is 12.0. The third kappa shape index (κ3) is 4.22. The molecule has 0 saturated carbocycles. The smallest absolute Gasteiger partial charge is 0.0810 e. The van der Waals surface area contributed by atoms with Crippen LogP contribution in [0.1, 0.15) is 30.5 Å². The van der Waals surface area contributed by atoms with Crippen LogP contribution in [0.4, 0.5) is 0 Å². The molecular formula is C11H19NOS. The molecule has 3 heteroatoms. The standard InChI is InChI=1S/C11H19NOS/c1-4-9-5-6-10(14-9)7-13-8-11(2,3)12/h5-6H,4,7-8,12H2,1-3H3. The third-order valence-corrected chi connectivity index (χ3v) is 2.99. The molecular weight excluding hydrogens is 194 g/mol. The van der Waals surface area contributed by atoms with Crippen molar-refractivity contribution in [3.05, 3.63) is 21.9 Å². The van der Waals surface area contributed by atoms with E-state index in [1.54, 1.807) is 0 Å². The Morgan fingerprint density at radius 3 is 2.50 bits per heavy atom. The van der Waals surface area contributed by atoms with Gasteiger partial charge >= 0.3 is 0 Å². The molecule has 0 aromatic carbocycles. The summed E-state index contributed by atoms with van der Waals surface area (Å²) in [5, 5.41) is 0. The van der Waals surface area contributed by atoms with Gasteiger partial charge in [-0.15, -0.1) is 11.3 Å². The van der Waals surface area contributed by atoms with Crippen molar-refractivity contribution < 1.29 is 4.74 Å². The van der Waals surface area contributed by atoms with Crippen molar-refractivity contribution in [2.75, 3.05) is 6.61 Å². The molecule has 0 unspecified atom stereocenters. The highest BCUT2D eigenvalue weighted by Crippen LogP contribution is 2.17. The summed E-state index contributed by atoms with van der Waals surface area (Å²) in [7, 11) is 0. The van der Waals surface area contributed by atoms with Crippen molar-refractivity contribution in [1.82, 2.24) is 0 Å². The molecule has 0 atom stereocenters. The van der Waals surface area contributed by atoms with E-state index in [-0.39, 0.29) is 5.54 Å². The first-order valence-corrected chi connectivity index (χ1v) is 5.77. The number of rotatable bonds is 5. The Morgan fingerprint density at radius 1 is 1.36 bits per heavy atom. The highest BCUT2D eigenvalue weighted by molar-refractivity contribution is 7.11. The highest BCUT2D eigenvalue weighted by atomic mass is 32.1. The van der Waals surface area contributed by atoms with Crippen molar-refractivity contribution in [3.63, 3.8) is 0 Å². The third-order valence-electron chi connectivity index (χ3n) is 1.78. The van der Waals surface area contributed by atoms with E-state index in [1.807, 2.05) is 25.2 Å². The summed E-state index contributed by atoms with van der Waals surface area (Å²) in [6.45, 7) is 7.40. The van der Waals surface area contributed by atoms with Crippen molar-refractivity contribution in [3.8, 4) is 0 Å². The molecule has 1 heterocycles. The van der Waals surface area contributed by atoms with Crippen LogP contribution in [0, 0.1) is 0 Å². The molecule has 1 aromatic rings. The van der Waals surface area contributed by atoms with E-state index in [4.69, 9.17) is 10.5 Å². The Labute approximate surface area is 90.1 Å². The molecule has 0 spiro atoms. The molecule has 80 valence electrons. The van der Waals surface area contributed by atoms with Gasteiger partial charge in [-0.25, -0.2) is 0 Å². The number of hydrogen-bond donors (Lipinski definition) is 1. The topological polar surface area (TPSA) is 35.2 Å². The van der Waals surface area contributed by atoms with Crippen LogP contribution < -0.4 is 5.73 Å². The molecule has 14 heavy (non-hydrogen) atoms. The lowest BCUT2D eigenvalue weighted by atomic mass is 10.1. The highest BCUT2D eigenvalue weighted by Gasteiger charge is 2.10. The van der Waals surface area contributed by atoms with Gasteiger partial charge in [0.2, 0.25) is 0 Å². The minimum absolute atomic E-state index is 0.231. The SMILES string of the molecule is CCc1ccc(COCC(C)(C)N)s1. The zero-order chi connectivity index (χ0) is 10.6. The predicted molar refractivity (Wildman–Crippen MR) is 61.6 cm³/mol. The van der Waals surface area contributed by atoms with Gasteiger partial charge in [0.15, 0.2) is 0 Å². The molecule has 0 aliphatic rings. The maximum atomic E-state index is 5.81. The second-order valence-corrected chi connectivity index (χ2v) is 5.46. The maximum absolute atomic E-state index is 5.81. The zero-order valence-corrected chi connectivity index (χ0v) is 9.99. The summed E-state index contributed by atoms with van der Waals surface area (Å²) >= 11 is 1.82. The van der Waals surface area contributed by atoms with Crippen LogP contribution in [-0.2, 0) is 17.8 Å². The first-order valence-electron chi connectivity index (χ1n) is 4.95. The first-order chi connectivity index (χ1) is 6.51. The quantitative estimate of drug-likeness (QED) is 0.816. The van der Waals surface area contributed by atoms with E-state index in [0.717, 1.165) is 6.42 Å². The maximum Gasteiger partial charge on any atom is 0.0810 e. The molecule has 2 N–H and O–H groups in total. The largest absolute Gasteiger partial charge is 0.374 e. The van der Waals surface area contributed by atoms with Crippen molar-refractivity contribution in [2.24, 2.45) is 5.73 Å². The fraction of sp³-hybridized carbons (Fsp3) is 0.636. The van der Waals surface area contributed by atoms with E-state index in [2.05, 4.69) is 19.1 Å². The van der Waals surface area contributed by atoms with Crippen LogP contribution in [0.15, 0.2) is 12.1 Å². The van der Waals surface area contributed by atoms with Gasteiger partial charge < -0.3 is 10.5 Å². The van der Waals surface area contributed by atoms with Gasteiger partial charge in [-0.05, 0) is 32.4 Å². The van der Waals surface area contributed by atoms with Crippen molar-refractivity contribution in [2.45, 2.75) is 39.3 Å².